The summed E-state index contributed by atoms with van der Waals surface area (Å²) in [6.07, 6.45) is 8.28. The van der Waals surface area contributed by atoms with Gasteiger partial charge in [0.2, 0.25) is 5.95 Å². The molecule has 4 aromatic rings. The number of halogens is 1. The second-order valence-corrected chi connectivity index (χ2v) is 7.19. The van der Waals surface area contributed by atoms with E-state index >= 15 is 0 Å². The minimum Gasteiger partial charge on any atom is -0.369 e. The lowest BCUT2D eigenvalue weighted by Gasteiger charge is -2.12. The first-order valence-electron chi connectivity index (χ1n) is 9.72. The van der Waals surface area contributed by atoms with Crippen LogP contribution in [0.5, 0.6) is 0 Å². The van der Waals surface area contributed by atoms with Crippen LogP contribution in [0.3, 0.4) is 0 Å². The topological polar surface area (TPSA) is 80.5 Å². The fourth-order valence-corrected chi connectivity index (χ4v) is 3.30. The van der Waals surface area contributed by atoms with Crippen molar-refractivity contribution in [2.75, 3.05) is 17.2 Å². The van der Waals surface area contributed by atoms with Crippen molar-refractivity contribution in [3.05, 3.63) is 78.1 Å². The molecular weight excluding hydrogens is 398 g/mol. The van der Waals surface area contributed by atoms with E-state index in [1.165, 1.54) is 0 Å². The molecular formula is C22H22ClN7. The third-order valence-corrected chi connectivity index (χ3v) is 4.85. The van der Waals surface area contributed by atoms with E-state index in [2.05, 4.69) is 35.1 Å². The Morgan fingerprint density at radius 1 is 1.00 bits per heavy atom. The Morgan fingerprint density at radius 3 is 2.77 bits per heavy atom. The van der Waals surface area contributed by atoms with Gasteiger partial charge >= 0.3 is 0 Å². The van der Waals surface area contributed by atoms with Gasteiger partial charge in [-0.05, 0) is 49.7 Å². The third-order valence-electron chi connectivity index (χ3n) is 4.61. The van der Waals surface area contributed by atoms with Crippen molar-refractivity contribution in [3.63, 3.8) is 0 Å². The lowest BCUT2D eigenvalue weighted by atomic mass is 10.2. The van der Waals surface area contributed by atoms with Gasteiger partial charge in [0.05, 0.1) is 5.69 Å². The van der Waals surface area contributed by atoms with E-state index in [1.807, 2.05) is 61.8 Å². The summed E-state index contributed by atoms with van der Waals surface area (Å²) in [6, 6.07) is 13.2. The molecule has 1 aromatic carbocycles. The van der Waals surface area contributed by atoms with Crippen LogP contribution in [0.15, 0.2) is 67.3 Å². The Kier molecular flexibility index (Phi) is 6.20. The molecule has 7 nitrogen and oxygen atoms in total. The smallest absolute Gasteiger partial charge is 0.227 e. The fourth-order valence-electron chi connectivity index (χ4n) is 3.11. The average Bonchev–Trinajstić information content (AvgIpc) is 3.16. The zero-order chi connectivity index (χ0) is 20.8. The Labute approximate surface area is 180 Å². The van der Waals surface area contributed by atoms with E-state index in [4.69, 9.17) is 11.6 Å². The van der Waals surface area contributed by atoms with Gasteiger partial charge in [-0.3, -0.25) is 0 Å². The molecule has 0 aliphatic rings. The molecule has 0 bridgehead atoms. The number of aryl methyl sites for hydroxylation is 2. The fraction of sp³-hybridized carbons (Fsp3) is 0.182. The normalized spacial score (nSPS) is 10.7. The monoisotopic (exact) mass is 419 g/mol. The van der Waals surface area contributed by atoms with E-state index in [0.717, 1.165) is 48.1 Å². The predicted molar refractivity (Wildman–Crippen MR) is 120 cm³/mol. The first-order valence-corrected chi connectivity index (χ1v) is 10.1. The van der Waals surface area contributed by atoms with Gasteiger partial charge in [0.25, 0.3) is 0 Å². The number of hydrogen-bond donors (Lipinski definition) is 2. The lowest BCUT2D eigenvalue weighted by molar-refractivity contribution is 0.642. The largest absolute Gasteiger partial charge is 0.369 e. The number of nitrogens with zero attached hydrogens (tertiary/aromatic N) is 5. The van der Waals surface area contributed by atoms with Gasteiger partial charge in [0.1, 0.15) is 11.6 Å². The van der Waals surface area contributed by atoms with Crippen LogP contribution in [0.2, 0.25) is 5.02 Å². The molecule has 0 amide bonds. The van der Waals surface area contributed by atoms with Crippen LogP contribution in [-0.2, 0) is 6.54 Å². The highest BCUT2D eigenvalue weighted by Crippen LogP contribution is 2.25. The minimum absolute atomic E-state index is 0.500. The molecule has 0 atom stereocenters. The first-order chi connectivity index (χ1) is 14.7. The summed E-state index contributed by atoms with van der Waals surface area (Å²) in [5.41, 5.74) is 2.54. The van der Waals surface area contributed by atoms with Crippen LogP contribution < -0.4 is 10.6 Å². The second-order valence-electron chi connectivity index (χ2n) is 6.75. The Hall–Kier alpha value is -3.45. The zero-order valence-corrected chi connectivity index (χ0v) is 17.3. The Bertz CT molecular complexity index is 1130. The highest BCUT2D eigenvalue weighted by atomic mass is 35.5. The SMILES string of the molecule is Cc1nccn1CCCNc1ncccc1-c1ccnc(Nc2cccc(Cl)c2)n1. The van der Waals surface area contributed by atoms with Gasteiger partial charge in [-0.25, -0.2) is 19.9 Å². The molecule has 0 unspecified atom stereocenters. The Morgan fingerprint density at radius 2 is 1.93 bits per heavy atom. The average molecular weight is 420 g/mol. The molecule has 0 saturated carbocycles. The standard InChI is InChI=1S/C22H22ClN7/c1-16-24-12-14-30(16)13-4-10-26-21-19(7-3-9-25-21)20-8-11-27-22(29-20)28-18-6-2-5-17(23)15-18/h2-3,5-9,11-12,14-15H,4,10,13H2,1H3,(H,25,26)(H,27,28,29). The van der Waals surface area contributed by atoms with E-state index in [1.54, 1.807) is 12.4 Å². The Balaban J connectivity index is 1.45. The number of anilines is 3. The van der Waals surface area contributed by atoms with Gasteiger partial charge in [0, 0.05) is 54.2 Å². The van der Waals surface area contributed by atoms with E-state index in [9.17, 15) is 0 Å². The maximum Gasteiger partial charge on any atom is 0.227 e. The molecule has 8 heteroatoms. The van der Waals surface area contributed by atoms with Crippen molar-refractivity contribution in [2.24, 2.45) is 0 Å². The van der Waals surface area contributed by atoms with Crippen molar-refractivity contribution in [3.8, 4) is 11.3 Å². The van der Waals surface area contributed by atoms with E-state index in [0.29, 0.717) is 11.0 Å². The second kappa shape index (κ2) is 9.37. The first kappa shape index (κ1) is 19.8. The molecule has 2 N–H and O–H groups in total. The van der Waals surface area contributed by atoms with E-state index < -0.39 is 0 Å². The molecule has 30 heavy (non-hydrogen) atoms. The summed E-state index contributed by atoms with van der Waals surface area (Å²) < 4.78 is 2.14. The van der Waals surface area contributed by atoms with Crippen LogP contribution in [0, 0.1) is 6.92 Å². The summed E-state index contributed by atoms with van der Waals surface area (Å²) in [5.74, 6) is 2.32. The number of nitrogens with one attached hydrogen (secondary N) is 2. The van der Waals surface area contributed by atoms with Crippen molar-refractivity contribution in [2.45, 2.75) is 19.9 Å². The van der Waals surface area contributed by atoms with Crippen molar-refractivity contribution in [1.29, 1.82) is 0 Å². The minimum atomic E-state index is 0.500. The summed E-state index contributed by atoms with van der Waals surface area (Å²) in [4.78, 5) is 17.7. The zero-order valence-electron chi connectivity index (χ0n) is 16.6. The quantitative estimate of drug-likeness (QED) is 0.393. The van der Waals surface area contributed by atoms with Gasteiger partial charge in [-0.15, -0.1) is 0 Å². The summed E-state index contributed by atoms with van der Waals surface area (Å²) in [6.45, 7) is 3.71. The van der Waals surface area contributed by atoms with Gasteiger partial charge in [0.15, 0.2) is 0 Å². The van der Waals surface area contributed by atoms with Crippen molar-refractivity contribution < 1.29 is 0 Å². The highest BCUT2D eigenvalue weighted by molar-refractivity contribution is 6.30. The van der Waals surface area contributed by atoms with Crippen molar-refractivity contribution >= 4 is 29.1 Å². The van der Waals surface area contributed by atoms with Crippen LogP contribution >= 0.6 is 11.6 Å². The van der Waals surface area contributed by atoms with Gasteiger partial charge in [-0.1, -0.05) is 17.7 Å². The molecule has 0 radical (unpaired) electrons. The molecule has 3 aromatic heterocycles. The van der Waals surface area contributed by atoms with Crippen LogP contribution in [-0.4, -0.2) is 31.0 Å². The van der Waals surface area contributed by atoms with Gasteiger partial charge in [-0.2, -0.15) is 0 Å². The number of imidazole rings is 1. The number of pyridine rings is 1. The molecule has 0 fully saturated rings. The molecule has 152 valence electrons. The summed E-state index contributed by atoms with van der Waals surface area (Å²) >= 11 is 6.06. The molecule has 0 aliphatic heterocycles. The molecule has 0 spiro atoms. The predicted octanol–water partition coefficient (Wildman–Crippen LogP) is 4.94. The number of hydrogen-bond acceptors (Lipinski definition) is 6. The van der Waals surface area contributed by atoms with Crippen LogP contribution in [0.1, 0.15) is 12.2 Å². The third kappa shape index (κ3) is 4.93. The number of aromatic nitrogens is 5. The van der Waals surface area contributed by atoms with Gasteiger partial charge < -0.3 is 15.2 Å². The summed E-state index contributed by atoms with van der Waals surface area (Å²) in [7, 11) is 0. The molecule has 3 heterocycles. The number of rotatable bonds is 8. The van der Waals surface area contributed by atoms with Crippen molar-refractivity contribution in [1.82, 2.24) is 24.5 Å². The molecule has 0 saturated heterocycles. The highest BCUT2D eigenvalue weighted by Gasteiger charge is 2.09. The maximum absolute atomic E-state index is 6.06. The molecule has 4 rings (SSSR count). The van der Waals surface area contributed by atoms with Crippen LogP contribution in [0.4, 0.5) is 17.5 Å². The molecule has 0 aliphatic carbocycles. The number of benzene rings is 1. The maximum atomic E-state index is 6.06. The summed E-state index contributed by atoms with van der Waals surface area (Å²) in [5, 5.41) is 7.27. The van der Waals surface area contributed by atoms with Crippen LogP contribution in [0.25, 0.3) is 11.3 Å². The lowest BCUT2D eigenvalue weighted by Crippen LogP contribution is -2.09. The van der Waals surface area contributed by atoms with E-state index in [-0.39, 0.29) is 0 Å².